The van der Waals surface area contributed by atoms with Crippen molar-refractivity contribution >= 4 is 26.6 Å². The van der Waals surface area contributed by atoms with Crippen molar-refractivity contribution in [2.75, 3.05) is 18.6 Å². The smallest absolute Gasteiger partial charge is 0.181 e. The van der Waals surface area contributed by atoms with Crippen LogP contribution in [0.4, 0.5) is 10.1 Å². The van der Waals surface area contributed by atoms with Gasteiger partial charge in [0.15, 0.2) is 15.5 Å². The summed E-state index contributed by atoms with van der Waals surface area (Å²) in [6, 6.07) is 13.2. The van der Waals surface area contributed by atoms with Gasteiger partial charge in [-0.1, -0.05) is 12.1 Å². The molecule has 2 aromatic carbocycles. The number of H-pyrrole nitrogens is 1. The van der Waals surface area contributed by atoms with Gasteiger partial charge in [0.05, 0.1) is 10.6 Å². The Kier molecular flexibility index (Phi) is 4.35. The molecule has 0 saturated carbocycles. The summed E-state index contributed by atoms with van der Waals surface area (Å²) in [5.41, 5.74) is 3.87. The van der Waals surface area contributed by atoms with Crippen LogP contribution < -0.4 is 5.32 Å². The quantitative estimate of drug-likeness (QED) is 0.547. The molecule has 0 aliphatic heterocycles. The molecular formula is C20H17FN4O2S. The first-order valence-electron chi connectivity index (χ1n) is 8.48. The van der Waals surface area contributed by atoms with E-state index in [1.165, 1.54) is 18.4 Å². The fourth-order valence-electron chi connectivity index (χ4n) is 3.06. The number of sulfone groups is 1. The van der Waals surface area contributed by atoms with Crippen LogP contribution in [0.3, 0.4) is 0 Å². The summed E-state index contributed by atoms with van der Waals surface area (Å²) in [5.74, 6) is -0.366. The Bertz CT molecular complexity index is 1300. The number of pyridine rings is 1. The predicted molar refractivity (Wildman–Crippen MR) is 107 cm³/mol. The van der Waals surface area contributed by atoms with E-state index in [1.54, 1.807) is 31.4 Å². The Balaban J connectivity index is 1.87. The number of aromatic nitrogens is 3. The SMILES string of the molecule is CNc1cc(F)cc(-c2[nH]nc3ncc(-c4cccc(S(C)(=O)=O)c4)cc23)c1. The number of nitrogens with one attached hydrogen (secondary N) is 2. The second kappa shape index (κ2) is 6.72. The highest BCUT2D eigenvalue weighted by Crippen LogP contribution is 2.31. The molecule has 0 saturated heterocycles. The lowest BCUT2D eigenvalue weighted by atomic mass is 10.0. The Morgan fingerprint density at radius 1 is 1.04 bits per heavy atom. The van der Waals surface area contributed by atoms with Crippen LogP contribution in [0, 0.1) is 5.82 Å². The highest BCUT2D eigenvalue weighted by Gasteiger charge is 2.13. The van der Waals surface area contributed by atoms with Crippen LogP contribution in [0.15, 0.2) is 59.6 Å². The zero-order valence-corrected chi connectivity index (χ0v) is 16.0. The van der Waals surface area contributed by atoms with Crippen molar-refractivity contribution in [1.82, 2.24) is 15.2 Å². The first kappa shape index (κ1) is 18.1. The van der Waals surface area contributed by atoms with Gasteiger partial charge in [-0.05, 0) is 42.0 Å². The largest absolute Gasteiger partial charge is 0.388 e. The average molecular weight is 396 g/mol. The minimum Gasteiger partial charge on any atom is -0.388 e. The number of hydrogen-bond donors (Lipinski definition) is 2. The van der Waals surface area contributed by atoms with E-state index < -0.39 is 9.84 Å². The van der Waals surface area contributed by atoms with E-state index in [0.717, 1.165) is 16.5 Å². The highest BCUT2D eigenvalue weighted by atomic mass is 32.2. The number of anilines is 1. The standard InChI is InChI=1S/C20H17FN4O2S/c1-22-16-7-13(6-15(21)10-16)19-18-9-14(11-23-20(18)25-24-19)12-4-3-5-17(8-12)28(2,26)27/h3-11,22H,1-2H3,(H,23,24,25). The summed E-state index contributed by atoms with van der Waals surface area (Å²) in [7, 11) is -1.60. The topological polar surface area (TPSA) is 87.7 Å². The Morgan fingerprint density at radius 3 is 2.61 bits per heavy atom. The third-order valence-electron chi connectivity index (χ3n) is 4.48. The Morgan fingerprint density at radius 2 is 1.86 bits per heavy atom. The molecule has 0 radical (unpaired) electrons. The van der Waals surface area contributed by atoms with Gasteiger partial charge < -0.3 is 5.32 Å². The minimum absolute atomic E-state index is 0.237. The molecule has 0 aliphatic rings. The molecule has 2 N–H and O–H groups in total. The van der Waals surface area contributed by atoms with Crippen molar-refractivity contribution < 1.29 is 12.8 Å². The summed E-state index contributed by atoms with van der Waals surface area (Å²) in [6.45, 7) is 0. The molecule has 0 atom stereocenters. The monoisotopic (exact) mass is 396 g/mol. The first-order chi connectivity index (χ1) is 13.3. The number of fused-ring (bicyclic) bond motifs is 1. The van der Waals surface area contributed by atoms with Crippen molar-refractivity contribution in [2.45, 2.75) is 4.90 Å². The molecule has 2 heterocycles. The van der Waals surface area contributed by atoms with Gasteiger partial charge in [-0.25, -0.2) is 17.8 Å². The van der Waals surface area contributed by atoms with Crippen LogP contribution in [-0.4, -0.2) is 36.9 Å². The maximum absolute atomic E-state index is 14.0. The fourth-order valence-corrected chi connectivity index (χ4v) is 3.73. The van der Waals surface area contributed by atoms with Gasteiger partial charge in [0.2, 0.25) is 0 Å². The highest BCUT2D eigenvalue weighted by molar-refractivity contribution is 7.90. The van der Waals surface area contributed by atoms with Crippen molar-refractivity contribution in [1.29, 1.82) is 0 Å². The first-order valence-corrected chi connectivity index (χ1v) is 10.4. The molecule has 0 amide bonds. The molecule has 6 nitrogen and oxygen atoms in total. The lowest BCUT2D eigenvalue weighted by Gasteiger charge is -2.06. The molecule has 0 spiro atoms. The van der Waals surface area contributed by atoms with Crippen LogP contribution in [0.25, 0.3) is 33.4 Å². The minimum atomic E-state index is -3.32. The van der Waals surface area contributed by atoms with Gasteiger partial charge >= 0.3 is 0 Å². The zero-order chi connectivity index (χ0) is 19.9. The molecular weight excluding hydrogens is 379 g/mol. The third kappa shape index (κ3) is 3.34. The van der Waals surface area contributed by atoms with Gasteiger partial charge in [-0.2, -0.15) is 5.10 Å². The third-order valence-corrected chi connectivity index (χ3v) is 5.59. The second-order valence-corrected chi connectivity index (χ2v) is 8.49. The lowest BCUT2D eigenvalue weighted by Crippen LogP contribution is -1.96. The zero-order valence-electron chi connectivity index (χ0n) is 15.2. The predicted octanol–water partition coefficient (Wildman–Crippen LogP) is 3.88. The number of halogens is 1. The molecule has 142 valence electrons. The fraction of sp³-hybridized carbons (Fsp3) is 0.100. The van der Waals surface area contributed by atoms with Crippen LogP contribution in [-0.2, 0) is 9.84 Å². The van der Waals surface area contributed by atoms with E-state index in [0.29, 0.717) is 22.6 Å². The lowest BCUT2D eigenvalue weighted by molar-refractivity contribution is 0.602. The Labute approximate surface area is 161 Å². The number of hydrogen-bond acceptors (Lipinski definition) is 5. The van der Waals surface area contributed by atoms with Gasteiger partial charge in [0, 0.05) is 41.7 Å². The summed E-state index contributed by atoms with van der Waals surface area (Å²) in [6.07, 6.45) is 2.81. The van der Waals surface area contributed by atoms with Gasteiger partial charge in [0.25, 0.3) is 0 Å². The Hall–Kier alpha value is -3.26. The molecule has 0 fully saturated rings. The van der Waals surface area contributed by atoms with E-state index in [-0.39, 0.29) is 10.7 Å². The summed E-state index contributed by atoms with van der Waals surface area (Å²) in [4.78, 5) is 4.60. The van der Waals surface area contributed by atoms with Gasteiger partial charge in [0.1, 0.15) is 5.82 Å². The normalized spacial score (nSPS) is 11.7. The number of aromatic amines is 1. The van der Waals surface area contributed by atoms with E-state index in [9.17, 15) is 12.8 Å². The molecule has 8 heteroatoms. The van der Waals surface area contributed by atoms with E-state index in [4.69, 9.17) is 0 Å². The van der Waals surface area contributed by atoms with Gasteiger partial charge in [-0.3, -0.25) is 5.10 Å². The van der Waals surface area contributed by atoms with Crippen molar-refractivity contribution in [3.05, 3.63) is 60.5 Å². The molecule has 4 aromatic rings. The van der Waals surface area contributed by atoms with Crippen molar-refractivity contribution in [3.63, 3.8) is 0 Å². The molecule has 4 rings (SSSR count). The summed E-state index contributed by atoms with van der Waals surface area (Å²) < 4.78 is 37.7. The molecule has 0 aliphatic carbocycles. The second-order valence-electron chi connectivity index (χ2n) is 6.47. The maximum atomic E-state index is 14.0. The van der Waals surface area contributed by atoms with Crippen LogP contribution in [0.2, 0.25) is 0 Å². The average Bonchev–Trinajstić information content (AvgIpc) is 3.10. The molecule has 0 bridgehead atoms. The van der Waals surface area contributed by atoms with E-state index in [1.807, 2.05) is 18.2 Å². The van der Waals surface area contributed by atoms with Crippen LogP contribution in [0.1, 0.15) is 0 Å². The summed E-state index contributed by atoms with van der Waals surface area (Å²) >= 11 is 0. The maximum Gasteiger partial charge on any atom is 0.181 e. The molecule has 0 unspecified atom stereocenters. The van der Waals surface area contributed by atoms with Gasteiger partial charge in [-0.15, -0.1) is 0 Å². The summed E-state index contributed by atoms with van der Waals surface area (Å²) in [5, 5.41) is 10.8. The van der Waals surface area contributed by atoms with Crippen molar-refractivity contribution in [3.8, 4) is 22.4 Å². The number of rotatable bonds is 4. The van der Waals surface area contributed by atoms with Crippen molar-refractivity contribution in [2.24, 2.45) is 0 Å². The number of benzene rings is 2. The van der Waals surface area contributed by atoms with Crippen LogP contribution >= 0.6 is 0 Å². The van der Waals surface area contributed by atoms with Crippen LogP contribution in [0.5, 0.6) is 0 Å². The molecule has 2 aromatic heterocycles. The molecule has 28 heavy (non-hydrogen) atoms. The van der Waals surface area contributed by atoms with E-state index >= 15 is 0 Å². The number of nitrogens with zero attached hydrogens (tertiary/aromatic N) is 2. The van der Waals surface area contributed by atoms with E-state index in [2.05, 4.69) is 20.5 Å².